The summed E-state index contributed by atoms with van der Waals surface area (Å²) in [6.07, 6.45) is 0.979. The Morgan fingerprint density at radius 2 is 2.16 bits per heavy atom. The van der Waals surface area contributed by atoms with E-state index in [9.17, 15) is 4.79 Å². The highest BCUT2D eigenvalue weighted by Gasteiger charge is 2.31. The van der Waals surface area contributed by atoms with Crippen molar-refractivity contribution in [3.63, 3.8) is 0 Å². The number of rotatable bonds is 3. The summed E-state index contributed by atoms with van der Waals surface area (Å²) in [7, 11) is 1.62. The third-order valence-corrected chi connectivity index (χ3v) is 3.60. The quantitative estimate of drug-likeness (QED) is 0.875. The number of carbonyl (C=O) groups is 1. The molecule has 104 valence electrons. The molecule has 0 aromatic heterocycles. The molecule has 2 atom stereocenters. The van der Waals surface area contributed by atoms with Gasteiger partial charge >= 0.3 is 6.03 Å². The molecule has 3 N–H and O–H groups in total. The molecule has 1 saturated heterocycles. The van der Waals surface area contributed by atoms with Gasteiger partial charge in [-0.05, 0) is 50.1 Å². The van der Waals surface area contributed by atoms with Crippen LogP contribution in [0.1, 0.15) is 13.3 Å². The van der Waals surface area contributed by atoms with E-state index in [0.29, 0.717) is 12.5 Å². The lowest BCUT2D eigenvalue weighted by atomic mass is 10.1. The molecule has 1 aliphatic heterocycles. The highest BCUT2D eigenvalue weighted by molar-refractivity contribution is 5.89. The van der Waals surface area contributed by atoms with Crippen molar-refractivity contribution in [2.45, 2.75) is 19.4 Å². The molecule has 0 aliphatic carbocycles. The van der Waals surface area contributed by atoms with Gasteiger partial charge in [-0.15, -0.1) is 0 Å². The van der Waals surface area contributed by atoms with Gasteiger partial charge in [-0.3, -0.25) is 0 Å². The molecule has 0 saturated carbocycles. The number of urea groups is 1. The van der Waals surface area contributed by atoms with Gasteiger partial charge in [-0.1, -0.05) is 0 Å². The van der Waals surface area contributed by atoms with Crippen molar-refractivity contribution in [1.82, 2.24) is 4.90 Å². The lowest BCUT2D eigenvalue weighted by Gasteiger charge is -2.22. The third kappa shape index (κ3) is 3.17. The number of hydrogen-bond acceptors (Lipinski definition) is 3. The van der Waals surface area contributed by atoms with Gasteiger partial charge < -0.3 is 20.7 Å². The summed E-state index contributed by atoms with van der Waals surface area (Å²) in [4.78, 5) is 14.0. The van der Waals surface area contributed by atoms with Crippen LogP contribution in [-0.2, 0) is 0 Å². The van der Waals surface area contributed by atoms with Crippen molar-refractivity contribution < 1.29 is 9.53 Å². The number of likely N-dealkylation sites (tertiary alicyclic amines) is 1. The van der Waals surface area contributed by atoms with Gasteiger partial charge in [0, 0.05) is 18.3 Å². The minimum atomic E-state index is -0.0615. The normalized spacial score (nSPS) is 22.4. The Hall–Kier alpha value is -1.75. The lowest BCUT2D eigenvalue weighted by Crippen LogP contribution is -2.37. The Morgan fingerprint density at radius 3 is 2.68 bits per heavy atom. The average molecular weight is 263 g/mol. The van der Waals surface area contributed by atoms with Crippen LogP contribution in [0.2, 0.25) is 0 Å². The highest BCUT2D eigenvalue weighted by Crippen LogP contribution is 2.23. The molecule has 1 aromatic carbocycles. The topological polar surface area (TPSA) is 67.6 Å². The first-order valence-corrected chi connectivity index (χ1v) is 6.55. The number of methoxy groups -OCH3 is 1. The second-order valence-electron chi connectivity index (χ2n) is 5.00. The van der Waals surface area contributed by atoms with Crippen LogP contribution < -0.4 is 15.8 Å². The zero-order valence-corrected chi connectivity index (χ0v) is 11.4. The summed E-state index contributed by atoms with van der Waals surface area (Å²) < 4.78 is 5.08. The molecule has 2 unspecified atom stereocenters. The predicted octanol–water partition coefficient (Wildman–Crippen LogP) is 1.90. The zero-order valence-electron chi connectivity index (χ0n) is 11.4. The van der Waals surface area contributed by atoms with Crippen LogP contribution in [0.4, 0.5) is 10.5 Å². The van der Waals surface area contributed by atoms with Crippen LogP contribution in [0.3, 0.4) is 0 Å². The molecular formula is C14H21N3O2. The van der Waals surface area contributed by atoms with Gasteiger partial charge in [0.1, 0.15) is 5.75 Å². The standard InChI is InChI=1S/C14H21N3O2/c1-10-7-11(8-15)9-17(10)14(18)16-12-3-5-13(19-2)6-4-12/h3-6,10-11H,7-9,15H2,1-2H3,(H,16,18). The van der Waals surface area contributed by atoms with E-state index >= 15 is 0 Å². The summed E-state index contributed by atoms with van der Waals surface area (Å²) in [5, 5.41) is 2.90. The summed E-state index contributed by atoms with van der Waals surface area (Å²) in [5.74, 6) is 1.19. The van der Waals surface area contributed by atoms with Crippen molar-refractivity contribution in [1.29, 1.82) is 0 Å². The van der Waals surface area contributed by atoms with Crippen LogP contribution >= 0.6 is 0 Å². The fourth-order valence-electron chi connectivity index (χ4n) is 2.47. The van der Waals surface area contributed by atoms with E-state index in [1.54, 1.807) is 7.11 Å². The summed E-state index contributed by atoms with van der Waals surface area (Å²) in [6, 6.07) is 7.49. The smallest absolute Gasteiger partial charge is 0.322 e. The number of benzene rings is 1. The second kappa shape index (κ2) is 5.93. The largest absolute Gasteiger partial charge is 0.497 e. The number of nitrogens with one attached hydrogen (secondary N) is 1. The minimum absolute atomic E-state index is 0.0615. The molecule has 5 nitrogen and oxygen atoms in total. The van der Waals surface area contributed by atoms with Crippen LogP contribution in [0.15, 0.2) is 24.3 Å². The first-order chi connectivity index (χ1) is 9.13. The summed E-state index contributed by atoms with van der Waals surface area (Å²) >= 11 is 0. The van der Waals surface area contributed by atoms with E-state index in [1.807, 2.05) is 29.2 Å². The number of hydrogen-bond donors (Lipinski definition) is 2. The Labute approximate surface area is 113 Å². The first kappa shape index (κ1) is 13.7. The first-order valence-electron chi connectivity index (χ1n) is 6.55. The van der Waals surface area contributed by atoms with E-state index in [0.717, 1.165) is 24.4 Å². The van der Waals surface area contributed by atoms with Gasteiger partial charge in [0.05, 0.1) is 7.11 Å². The summed E-state index contributed by atoms with van der Waals surface area (Å²) in [5.41, 5.74) is 6.44. The van der Waals surface area contributed by atoms with Crippen LogP contribution in [0.5, 0.6) is 5.75 Å². The molecule has 0 bridgehead atoms. The van der Waals surface area contributed by atoms with Gasteiger partial charge in [0.2, 0.25) is 0 Å². The molecular weight excluding hydrogens is 242 g/mol. The fraction of sp³-hybridized carbons (Fsp3) is 0.500. The fourth-order valence-corrected chi connectivity index (χ4v) is 2.47. The maximum absolute atomic E-state index is 12.2. The molecule has 5 heteroatoms. The molecule has 0 spiro atoms. The van der Waals surface area contributed by atoms with E-state index in [2.05, 4.69) is 12.2 Å². The van der Waals surface area contributed by atoms with E-state index < -0.39 is 0 Å². The van der Waals surface area contributed by atoms with Crippen molar-refractivity contribution >= 4 is 11.7 Å². The molecule has 1 fully saturated rings. The SMILES string of the molecule is COc1ccc(NC(=O)N2CC(CN)CC2C)cc1. The maximum atomic E-state index is 12.2. The molecule has 1 heterocycles. The molecule has 1 aliphatic rings. The number of ether oxygens (including phenoxy) is 1. The van der Waals surface area contributed by atoms with E-state index in [1.165, 1.54) is 0 Å². The Morgan fingerprint density at radius 1 is 1.47 bits per heavy atom. The predicted molar refractivity (Wildman–Crippen MR) is 75.3 cm³/mol. The molecule has 2 rings (SSSR count). The van der Waals surface area contributed by atoms with Crippen LogP contribution in [-0.4, -0.2) is 37.2 Å². The van der Waals surface area contributed by atoms with Crippen molar-refractivity contribution in [2.75, 3.05) is 25.5 Å². The number of carbonyl (C=O) groups excluding carboxylic acids is 1. The molecule has 2 amide bonds. The van der Waals surface area contributed by atoms with Gasteiger partial charge in [-0.25, -0.2) is 4.79 Å². The summed E-state index contributed by atoms with van der Waals surface area (Å²) in [6.45, 7) is 3.43. The van der Waals surface area contributed by atoms with Crippen molar-refractivity contribution in [3.05, 3.63) is 24.3 Å². The lowest BCUT2D eigenvalue weighted by molar-refractivity contribution is 0.209. The molecule has 1 aromatic rings. The second-order valence-corrected chi connectivity index (χ2v) is 5.00. The van der Waals surface area contributed by atoms with Crippen molar-refractivity contribution in [2.24, 2.45) is 11.7 Å². The Bertz CT molecular complexity index is 433. The van der Waals surface area contributed by atoms with E-state index in [4.69, 9.17) is 10.5 Å². The van der Waals surface area contributed by atoms with E-state index in [-0.39, 0.29) is 12.1 Å². The molecule has 19 heavy (non-hydrogen) atoms. The van der Waals surface area contributed by atoms with Gasteiger partial charge in [-0.2, -0.15) is 0 Å². The Kier molecular flexibility index (Phi) is 4.27. The maximum Gasteiger partial charge on any atom is 0.322 e. The van der Waals surface area contributed by atoms with Gasteiger partial charge in [0.25, 0.3) is 0 Å². The van der Waals surface area contributed by atoms with Crippen molar-refractivity contribution in [3.8, 4) is 5.75 Å². The van der Waals surface area contributed by atoms with Crippen LogP contribution in [0.25, 0.3) is 0 Å². The monoisotopic (exact) mass is 263 g/mol. The average Bonchev–Trinajstić information content (AvgIpc) is 2.81. The number of anilines is 1. The number of nitrogens with zero attached hydrogens (tertiary/aromatic N) is 1. The van der Waals surface area contributed by atoms with Crippen LogP contribution in [0, 0.1) is 5.92 Å². The Balaban J connectivity index is 1.96. The molecule has 0 radical (unpaired) electrons. The van der Waals surface area contributed by atoms with Gasteiger partial charge in [0.15, 0.2) is 0 Å². The zero-order chi connectivity index (χ0) is 13.8. The third-order valence-electron chi connectivity index (χ3n) is 3.60. The number of amides is 2. The highest BCUT2D eigenvalue weighted by atomic mass is 16.5. The minimum Gasteiger partial charge on any atom is -0.497 e. The number of nitrogens with two attached hydrogens (primary N) is 1.